The highest BCUT2D eigenvalue weighted by atomic mass is 16.5. The van der Waals surface area contributed by atoms with Gasteiger partial charge in [0.15, 0.2) is 11.5 Å². The Kier molecular flexibility index (Phi) is 5.42. The summed E-state index contributed by atoms with van der Waals surface area (Å²) in [5, 5.41) is 0. The van der Waals surface area contributed by atoms with Crippen molar-refractivity contribution in [3.63, 3.8) is 0 Å². The standard InChI is InChI=1S/C18H19NO5/c1-12(20)19(13-9-10-16(22-2)17(11-13)23-3)15-8-6-5-7-14(15)18(21)24-4/h5-11H,1-4H3. The van der Waals surface area contributed by atoms with Crippen LogP contribution in [-0.4, -0.2) is 33.2 Å². The molecule has 6 heteroatoms. The van der Waals surface area contributed by atoms with Gasteiger partial charge in [-0.15, -0.1) is 0 Å². The lowest BCUT2D eigenvalue weighted by molar-refractivity contribution is -0.115. The summed E-state index contributed by atoms with van der Waals surface area (Å²) < 4.78 is 15.3. The summed E-state index contributed by atoms with van der Waals surface area (Å²) in [4.78, 5) is 25.7. The van der Waals surface area contributed by atoms with E-state index in [2.05, 4.69) is 0 Å². The second-order valence-corrected chi connectivity index (χ2v) is 4.90. The first kappa shape index (κ1) is 17.3. The third-order valence-corrected chi connectivity index (χ3v) is 3.49. The number of nitrogens with zero attached hydrogens (tertiary/aromatic N) is 1. The zero-order valence-corrected chi connectivity index (χ0v) is 14.0. The Labute approximate surface area is 140 Å². The van der Waals surface area contributed by atoms with E-state index in [4.69, 9.17) is 14.2 Å². The van der Waals surface area contributed by atoms with Gasteiger partial charge in [0.05, 0.1) is 38.3 Å². The number of carbonyl (C=O) groups is 2. The van der Waals surface area contributed by atoms with Crippen molar-refractivity contribution in [1.29, 1.82) is 0 Å². The molecule has 0 aliphatic carbocycles. The molecule has 0 heterocycles. The molecule has 0 fully saturated rings. The van der Waals surface area contributed by atoms with Crippen LogP contribution in [0.15, 0.2) is 42.5 Å². The Hall–Kier alpha value is -3.02. The molecule has 1 amide bonds. The summed E-state index contributed by atoms with van der Waals surface area (Å²) >= 11 is 0. The zero-order chi connectivity index (χ0) is 17.7. The Morgan fingerprint density at radius 3 is 2.17 bits per heavy atom. The van der Waals surface area contributed by atoms with E-state index in [1.54, 1.807) is 42.5 Å². The molecule has 0 saturated heterocycles. The molecule has 2 aromatic carbocycles. The fourth-order valence-corrected chi connectivity index (χ4v) is 2.41. The number of para-hydroxylation sites is 1. The molecule has 2 rings (SSSR count). The summed E-state index contributed by atoms with van der Waals surface area (Å²) in [7, 11) is 4.35. The Bertz CT molecular complexity index is 757. The van der Waals surface area contributed by atoms with E-state index < -0.39 is 5.97 Å². The molecule has 0 spiro atoms. The van der Waals surface area contributed by atoms with Crippen molar-refractivity contribution in [2.75, 3.05) is 26.2 Å². The predicted octanol–water partition coefficient (Wildman–Crippen LogP) is 3.18. The number of benzene rings is 2. The van der Waals surface area contributed by atoms with Crippen LogP contribution in [0.1, 0.15) is 17.3 Å². The third kappa shape index (κ3) is 3.32. The third-order valence-electron chi connectivity index (χ3n) is 3.49. The molecule has 0 aliphatic rings. The quantitative estimate of drug-likeness (QED) is 0.788. The number of hydrogen-bond acceptors (Lipinski definition) is 5. The van der Waals surface area contributed by atoms with Crippen LogP contribution in [0.4, 0.5) is 11.4 Å². The van der Waals surface area contributed by atoms with Crippen molar-refractivity contribution in [3.05, 3.63) is 48.0 Å². The minimum atomic E-state index is -0.516. The number of esters is 1. The lowest BCUT2D eigenvalue weighted by Gasteiger charge is -2.24. The van der Waals surface area contributed by atoms with Crippen LogP contribution in [0.3, 0.4) is 0 Å². The van der Waals surface area contributed by atoms with E-state index in [0.717, 1.165) is 0 Å². The Morgan fingerprint density at radius 1 is 0.917 bits per heavy atom. The van der Waals surface area contributed by atoms with Crippen LogP contribution in [0.5, 0.6) is 11.5 Å². The van der Waals surface area contributed by atoms with Crippen molar-refractivity contribution in [1.82, 2.24) is 0 Å². The topological polar surface area (TPSA) is 65.1 Å². The molecular weight excluding hydrogens is 310 g/mol. The minimum absolute atomic E-state index is 0.251. The van der Waals surface area contributed by atoms with E-state index in [1.165, 1.54) is 33.2 Å². The first-order chi connectivity index (χ1) is 11.5. The minimum Gasteiger partial charge on any atom is -0.493 e. The van der Waals surface area contributed by atoms with Gasteiger partial charge in [-0.25, -0.2) is 4.79 Å². The van der Waals surface area contributed by atoms with Gasteiger partial charge in [-0.1, -0.05) is 12.1 Å². The average Bonchev–Trinajstić information content (AvgIpc) is 2.61. The van der Waals surface area contributed by atoms with Crippen LogP contribution in [0, 0.1) is 0 Å². The molecule has 2 aromatic rings. The lowest BCUT2D eigenvalue weighted by atomic mass is 10.1. The van der Waals surface area contributed by atoms with Crippen molar-refractivity contribution in [2.24, 2.45) is 0 Å². The fraction of sp³-hybridized carbons (Fsp3) is 0.222. The van der Waals surface area contributed by atoms with Gasteiger partial charge in [-0.05, 0) is 24.3 Å². The second kappa shape index (κ2) is 7.50. The molecule has 0 radical (unpaired) electrons. The van der Waals surface area contributed by atoms with E-state index in [1.807, 2.05) is 0 Å². The van der Waals surface area contributed by atoms with Gasteiger partial charge in [0.1, 0.15) is 0 Å². The van der Waals surface area contributed by atoms with Gasteiger partial charge in [0, 0.05) is 13.0 Å². The lowest BCUT2D eigenvalue weighted by Crippen LogP contribution is -2.25. The predicted molar refractivity (Wildman–Crippen MR) is 90.1 cm³/mol. The van der Waals surface area contributed by atoms with Gasteiger partial charge in [0.25, 0.3) is 0 Å². The van der Waals surface area contributed by atoms with Crippen molar-refractivity contribution < 1.29 is 23.8 Å². The van der Waals surface area contributed by atoms with Gasteiger partial charge in [-0.3, -0.25) is 9.69 Å². The van der Waals surface area contributed by atoms with Crippen LogP contribution < -0.4 is 14.4 Å². The van der Waals surface area contributed by atoms with Crippen LogP contribution in [0.2, 0.25) is 0 Å². The number of hydrogen-bond donors (Lipinski definition) is 0. The molecular formula is C18H19NO5. The summed E-state index contributed by atoms with van der Waals surface area (Å²) in [5.41, 5.74) is 1.28. The summed E-state index contributed by atoms with van der Waals surface area (Å²) in [6.45, 7) is 1.42. The molecule has 0 N–H and O–H groups in total. The second-order valence-electron chi connectivity index (χ2n) is 4.90. The van der Waals surface area contributed by atoms with Gasteiger partial charge >= 0.3 is 5.97 Å². The van der Waals surface area contributed by atoms with Crippen LogP contribution in [0.25, 0.3) is 0 Å². The maximum absolute atomic E-state index is 12.3. The molecule has 6 nitrogen and oxygen atoms in total. The van der Waals surface area contributed by atoms with Crippen molar-refractivity contribution in [3.8, 4) is 11.5 Å². The molecule has 0 aliphatic heterocycles. The summed E-state index contributed by atoms with van der Waals surface area (Å²) in [5.74, 6) is 0.263. The van der Waals surface area contributed by atoms with E-state index in [9.17, 15) is 9.59 Å². The fourth-order valence-electron chi connectivity index (χ4n) is 2.41. The van der Waals surface area contributed by atoms with Gasteiger partial charge < -0.3 is 14.2 Å². The first-order valence-electron chi connectivity index (χ1n) is 7.23. The molecule has 0 saturated carbocycles. The van der Waals surface area contributed by atoms with Crippen molar-refractivity contribution >= 4 is 23.3 Å². The van der Waals surface area contributed by atoms with Crippen molar-refractivity contribution in [2.45, 2.75) is 6.92 Å². The average molecular weight is 329 g/mol. The SMILES string of the molecule is COC(=O)c1ccccc1N(C(C)=O)c1ccc(OC)c(OC)c1. The normalized spacial score (nSPS) is 10.0. The van der Waals surface area contributed by atoms with Crippen LogP contribution in [-0.2, 0) is 9.53 Å². The molecule has 0 unspecified atom stereocenters. The largest absolute Gasteiger partial charge is 0.493 e. The first-order valence-corrected chi connectivity index (χ1v) is 7.23. The number of methoxy groups -OCH3 is 3. The smallest absolute Gasteiger partial charge is 0.339 e. The monoisotopic (exact) mass is 329 g/mol. The molecule has 24 heavy (non-hydrogen) atoms. The number of rotatable bonds is 5. The summed E-state index contributed by atoms with van der Waals surface area (Å²) in [6.07, 6.45) is 0. The molecule has 0 atom stereocenters. The number of ether oxygens (including phenoxy) is 3. The Balaban J connectivity index is 2.60. The maximum Gasteiger partial charge on any atom is 0.339 e. The van der Waals surface area contributed by atoms with Crippen LogP contribution >= 0.6 is 0 Å². The number of carbonyl (C=O) groups excluding carboxylic acids is 2. The van der Waals surface area contributed by atoms with E-state index >= 15 is 0 Å². The number of anilines is 2. The molecule has 0 aromatic heterocycles. The summed E-state index contributed by atoms with van der Waals surface area (Å²) in [6, 6.07) is 11.8. The highest BCUT2D eigenvalue weighted by molar-refractivity contribution is 6.06. The molecule has 0 bridgehead atoms. The number of amides is 1. The van der Waals surface area contributed by atoms with E-state index in [-0.39, 0.29) is 5.91 Å². The maximum atomic E-state index is 12.3. The van der Waals surface area contributed by atoms with Gasteiger partial charge in [0.2, 0.25) is 5.91 Å². The van der Waals surface area contributed by atoms with Gasteiger partial charge in [-0.2, -0.15) is 0 Å². The molecule has 126 valence electrons. The van der Waals surface area contributed by atoms with E-state index in [0.29, 0.717) is 28.4 Å². The zero-order valence-electron chi connectivity index (χ0n) is 14.0. The highest BCUT2D eigenvalue weighted by Crippen LogP contribution is 2.36. The Morgan fingerprint density at radius 2 is 1.58 bits per heavy atom. The highest BCUT2D eigenvalue weighted by Gasteiger charge is 2.22.